The molecule has 0 aliphatic heterocycles. The van der Waals surface area contributed by atoms with Gasteiger partial charge in [0.1, 0.15) is 0 Å². The van der Waals surface area contributed by atoms with E-state index < -0.39 is 5.41 Å². The van der Waals surface area contributed by atoms with Crippen molar-refractivity contribution in [3.8, 4) is 55.6 Å². The molecular formula is C70H49NS. The van der Waals surface area contributed by atoms with Crippen LogP contribution in [-0.2, 0) is 10.8 Å². The van der Waals surface area contributed by atoms with Gasteiger partial charge in [0.15, 0.2) is 0 Å². The standard InChI is InChI=1S/C70H49NS/c1-69(2)60-29-13-10-28-57(60)68-63(69)31-18-33-65(68)71(53-39-35-46(36-40-53)48-38-42-67-59(45-48)56-27-12-16-34-66(56)72-67)64-32-15-11-25-54(64)50-20-17-19-47(43-50)49-37-41-62-58(44-49)55-26-9-14-30-61(55)70(62,51-21-5-3-6-22-51)52-23-7-4-8-24-52/h3-45H,1-2H3. The minimum absolute atomic E-state index is 0.145. The minimum Gasteiger partial charge on any atom is -0.309 e. The van der Waals surface area contributed by atoms with Crippen LogP contribution in [-0.4, -0.2) is 0 Å². The topological polar surface area (TPSA) is 3.24 Å². The Morgan fingerprint density at radius 3 is 1.65 bits per heavy atom. The lowest BCUT2D eigenvalue weighted by Gasteiger charge is -2.33. The predicted octanol–water partition coefficient (Wildman–Crippen LogP) is 19.2. The van der Waals surface area contributed by atoms with E-state index in [0.29, 0.717) is 0 Å². The van der Waals surface area contributed by atoms with Crippen LogP contribution in [0.4, 0.5) is 17.1 Å². The summed E-state index contributed by atoms with van der Waals surface area (Å²) in [6.07, 6.45) is 0. The maximum atomic E-state index is 2.51. The highest BCUT2D eigenvalue weighted by atomic mass is 32.1. The van der Waals surface area contributed by atoms with Gasteiger partial charge in [0.2, 0.25) is 0 Å². The molecule has 0 N–H and O–H groups in total. The van der Waals surface area contributed by atoms with Gasteiger partial charge in [0.25, 0.3) is 0 Å². The fraction of sp³-hybridized carbons (Fsp3) is 0.0571. The van der Waals surface area contributed by atoms with Gasteiger partial charge < -0.3 is 4.90 Å². The van der Waals surface area contributed by atoms with Crippen LogP contribution in [0, 0.1) is 0 Å². The quantitative estimate of drug-likeness (QED) is 0.147. The van der Waals surface area contributed by atoms with Gasteiger partial charge in [-0.15, -0.1) is 11.3 Å². The Morgan fingerprint density at radius 1 is 0.319 bits per heavy atom. The third kappa shape index (κ3) is 6.39. The minimum atomic E-state index is -0.435. The number of rotatable bonds is 8. The number of hydrogen-bond acceptors (Lipinski definition) is 2. The van der Waals surface area contributed by atoms with Crippen molar-refractivity contribution in [1.29, 1.82) is 0 Å². The van der Waals surface area contributed by atoms with Crippen molar-refractivity contribution in [1.82, 2.24) is 0 Å². The monoisotopic (exact) mass is 935 g/mol. The molecule has 11 aromatic carbocycles. The van der Waals surface area contributed by atoms with E-state index in [2.05, 4.69) is 280 Å². The number of para-hydroxylation sites is 1. The molecule has 0 bridgehead atoms. The summed E-state index contributed by atoms with van der Waals surface area (Å²) in [6.45, 7) is 4.74. The highest BCUT2D eigenvalue weighted by Crippen LogP contribution is 2.58. The summed E-state index contributed by atoms with van der Waals surface area (Å²) in [7, 11) is 0. The number of hydrogen-bond donors (Lipinski definition) is 0. The SMILES string of the molecule is CC1(C)c2ccccc2-c2c(N(c3ccc(-c4ccc5sc6ccccc6c5c4)cc3)c3ccccc3-c3cccc(-c4ccc5c(c4)-c4ccccc4C5(c4ccccc4)c4ccccc4)c3)cccc21. The molecule has 12 aromatic rings. The highest BCUT2D eigenvalue weighted by Gasteiger charge is 2.46. The van der Waals surface area contributed by atoms with E-state index in [-0.39, 0.29) is 5.41 Å². The molecule has 340 valence electrons. The van der Waals surface area contributed by atoms with E-state index in [1.54, 1.807) is 0 Å². The Bertz CT molecular complexity index is 4030. The molecule has 2 heteroatoms. The first-order chi connectivity index (χ1) is 35.5. The Kier molecular flexibility index (Phi) is 9.71. The zero-order valence-electron chi connectivity index (χ0n) is 40.2. The number of thiophene rings is 1. The van der Waals surface area contributed by atoms with Crippen LogP contribution in [0.5, 0.6) is 0 Å². The van der Waals surface area contributed by atoms with E-state index in [9.17, 15) is 0 Å². The van der Waals surface area contributed by atoms with Crippen LogP contribution < -0.4 is 4.90 Å². The number of fused-ring (bicyclic) bond motifs is 9. The third-order valence-corrected chi connectivity index (χ3v) is 16.9. The normalized spacial score (nSPS) is 13.6. The average Bonchev–Trinajstić information content (AvgIpc) is 4.05. The number of nitrogens with zero attached hydrogens (tertiary/aromatic N) is 1. The summed E-state index contributed by atoms with van der Waals surface area (Å²) >= 11 is 1.86. The Hall–Kier alpha value is -8.56. The van der Waals surface area contributed by atoms with Crippen LogP contribution in [0.2, 0.25) is 0 Å². The van der Waals surface area contributed by atoms with Crippen molar-refractivity contribution in [2.24, 2.45) is 0 Å². The summed E-state index contributed by atoms with van der Waals surface area (Å²) in [5.74, 6) is 0. The van der Waals surface area contributed by atoms with E-state index in [1.807, 2.05) is 11.3 Å². The molecule has 1 nitrogen and oxygen atoms in total. The largest absolute Gasteiger partial charge is 0.309 e. The molecule has 72 heavy (non-hydrogen) atoms. The lowest BCUT2D eigenvalue weighted by Crippen LogP contribution is -2.28. The van der Waals surface area contributed by atoms with E-state index in [0.717, 1.165) is 16.9 Å². The van der Waals surface area contributed by atoms with Crippen LogP contribution in [0.3, 0.4) is 0 Å². The lowest BCUT2D eigenvalue weighted by atomic mass is 9.67. The molecule has 0 radical (unpaired) electrons. The molecule has 2 aliphatic rings. The molecule has 2 aliphatic carbocycles. The second-order valence-corrected chi connectivity index (χ2v) is 21.0. The fourth-order valence-electron chi connectivity index (χ4n) is 12.4. The zero-order chi connectivity index (χ0) is 48.0. The smallest absolute Gasteiger partial charge is 0.0713 e. The van der Waals surface area contributed by atoms with Gasteiger partial charge in [-0.25, -0.2) is 0 Å². The van der Waals surface area contributed by atoms with Crippen molar-refractivity contribution < 1.29 is 0 Å². The predicted molar refractivity (Wildman–Crippen MR) is 305 cm³/mol. The Labute approximate surface area is 425 Å². The second-order valence-electron chi connectivity index (χ2n) is 19.9. The number of anilines is 3. The molecule has 0 saturated heterocycles. The summed E-state index contributed by atoms with van der Waals surface area (Å²) in [6, 6.07) is 97.3. The maximum Gasteiger partial charge on any atom is 0.0713 e. The zero-order valence-corrected chi connectivity index (χ0v) is 41.0. The molecule has 0 fully saturated rings. The fourth-order valence-corrected chi connectivity index (χ4v) is 13.5. The molecule has 0 amide bonds. The number of benzene rings is 11. The molecule has 0 atom stereocenters. The van der Waals surface area contributed by atoms with Gasteiger partial charge in [-0.3, -0.25) is 0 Å². The van der Waals surface area contributed by atoms with E-state index in [1.165, 1.54) is 109 Å². The molecule has 14 rings (SSSR count). The van der Waals surface area contributed by atoms with Crippen LogP contribution in [0.1, 0.15) is 47.2 Å². The highest BCUT2D eigenvalue weighted by molar-refractivity contribution is 7.25. The van der Waals surface area contributed by atoms with Gasteiger partial charge in [0, 0.05) is 42.4 Å². The molecular weight excluding hydrogens is 887 g/mol. The molecule has 0 spiro atoms. The van der Waals surface area contributed by atoms with Crippen molar-refractivity contribution in [2.75, 3.05) is 4.90 Å². The van der Waals surface area contributed by atoms with Gasteiger partial charge in [0.05, 0.1) is 16.8 Å². The first-order valence-corrected chi connectivity index (χ1v) is 25.9. The van der Waals surface area contributed by atoms with Crippen molar-refractivity contribution in [2.45, 2.75) is 24.7 Å². The van der Waals surface area contributed by atoms with E-state index in [4.69, 9.17) is 0 Å². The molecule has 0 unspecified atom stereocenters. The van der Waals surface area contributed by atoms with Crippen molar-refractivity contribution >= 4 is 48.6 Å². The average molecular weight is 936 g/mol. The third-order valence-electron chi connectivity index (χ3n) is 15.8. The Morgan fingerprint density at radius 2 is 0.861 bits per heavy atom. The summed E-state index contributed by atoms with van der Waals surface area (Å²) in [4.78, 5) is 2.51. The van der Waals surface area contributed by atoms with Crippen LogP contribution >= 0.6 is 11.3 Å². The van der Waals surface area contributed by atoms with Crippen LogP contribution in [0.25, 0.3) is 75.8 Å². The first kappa shape index (κ1) is 42.3. The van der Waals surface area contributed by atoms with Gasteiger partial charge in [-0.05, 0) is 132 Å². The van der Waals surface area contributed by atoms with Crippen LogP contribution in [0.15, 0.2) is 261 Å². The van der Waals surface area contributed by atoms with Crippen molar-refractivity contribution in [3.05, 3.63) is 294 Å². The Balaban J connectivity index is 0.913. The van der Waals surface area contributed by atoms with Gasteiger partial charge in [-0.2, -0.15) is 0 Å². The second kappa shape index (κ2) is 16.5. The molecule has 1 heterocycles. The molecule has 0 saturated carbocycles. The van der Waals surface area contributed by atoms with Gasteiger partial charge >= 0.3 is 0 Å². The molecule has 1 aromatic heterocycles. The lowest BCUT2D eigenvalue weighted by molar-refractivity contribution is 0.660. The summed E-state index contributed by atoms with van der Waals surface area (Å²) in [5.41, 5.74) is 23.0. The maximum absolute atomic E-state index is 2.51. The van der Waals surface area contributed by atoms with Gasteiger partial charge in [-0.1, -0.05) is 220 Å². The van der Waals surface area contributed by atoms with Crippen molar-refractivity contribution in [3.63, 3.8) is 0 Å². The first-order valence-electron chi connectivity index (χ1n) is 25.1. The summed E-state index contributed by atoms with van der Waals surface area (Å²) in [5, 5.41) is 2.63. The van der Waals surface area contributed by atoms with E-state index >= 15 is 0 Å². The summed E-state index contributed by atoms with van der Waals surface area (Å²) < 4.78 is 2.64.